The molecule has 3 aliphatic rings. The molecule has 2 amide bonds. The molecule has 1 saturated heterocycles. The second-order valence-electron chi connectivity index (χ2n) is 12.9. The second-order valence-corrected chi connectivity index (χ2v) is 15.9. The summed E-state index contributed by atoms with van der Waals surface area (Å²) in [7, 11) is -2.22. The molecule has 3 heterocycles. The minimum atomic E-state index is -3.85. The van der Waals surface area contributed by atoms with Crippen LogP contribution in [0.15, 0.2) is 36.2 Å². The first-order valence-electron chi connectivity index (χ1n) is 15.2. The van der Waals surface area contributed by atoms with E-state index < -0.39 is 32.3 Å². The number of fused-ring (bicyclic) bond motifs is 1. The molecule has 14 heteroatoms. The molecule has 3 fully saturated rings. The number of ether oxygens (including phenoxy) is 2. The highest BCUT2D eigenvalue weighted by Gasteiger charge is 2.62. The van der Waals surface area contributed by atoms with Gasteiger partial charge < -0.3 is 20.1 Å². The Bertz CT molecular complexity index is 1810. The highest BCUT2D eigenvalue weighted by Crippen LogP contribution is 2.47. The largest absolute Gasteiger partial charge is 0.496 e. The maximum Gasteiger partial charge on any atom is 0.259 e. The highest BCUT2D eigenvalue weighted by molar-refractivity contribution is 7.91. The maximum absolute atomic E-state index is 13.4. The van der Waals surface area contributed by atoms with Gasteiger partial charge in [-0.25, -0.2) is 18.4 Å². The Morgan fingerprint density at radius 1 is 1.22 bits per heavy atom. The zero-order chi connectivity index (χ0) is 32.3. The van der Waals surface area contributed by atoms with E-state index in [0.717, 1.165) is 27.2 Å². The van der Waals surface area contributed by atoms with Crippen LogP contribution in [-0.4, -0.2) is 66.3 Å². The van der Waals surface area contributed by atoms with Crippen molar-refractivity contribution in [2.45, 2.75) is 81.7 Å². The van der Waals surface area contributed by atoms with E-state index in [1.165, 1.54) is 11.3 Å². The number of carbonyl (C=O) groups excluding carboxylic acids is 2. The van der Waals surface area contributed by atoms with Crippen molar-refractivity contribution in [2.24, 2.45) is 5.92 Å². The number of benzene rings is 1. The van der Waals surface area contributed by atoms with Crippen molar-refractivity contribution in [1.82, 2.24) is 25.3 Å². The molecule has 248 valence electrons. The van der Waals surface area contributed by atoms with Crippen LogP contribution in [0.25, 0.3) is 21.6 Å². The van der Waals surface area contributed by atoms with Gasteiger partial charge in [0.1, 0.15) is 33.8 Å². The topological polar surface area (TPSA) is 149 Å². The molecule has 1 aliphatic heterocycles. The molecule has 0 spiro atoms. The minimum Gasteiger partial charge on any atom is -0.496 e. The third-order valence-corrected chi connectivity index (χ3v) is 12.3. The number of sulfonamides is 1. The fourth-order valence-corrected chi connectivity index (χ4v) is 8.02. The smallest absolute Gasteiger partial charge is 0.259 e. The number of carbonyl (C=O) groups is 2. The molecular formula is C32H40ClN5O6S2. The summed E-state index contributed by atoms with van der Waals surface area (Å²) < 4.78 is 38.8. The van der Waals surface area contributed by atoms with Crippen molar-refractivity contribution in [3.8, 4) is 22.2 Å². The zero-order valence-electron chi connectivity index (χ0n) is 26.5. The van der Waals surface area contributed by atoms with Gasteiger partial charge >= 0.3 is 0 Å². The van der Waals surface area contributed by atoms with Crippen LogP contribution >= 0.6 is 23.7 Å². The van der Waals surface area contributed by atoms with Gasteiger partial charge in [0.15, 0.2) is 0 Å². The lowest BCUT2D eigenvalue weighted by Gasteiger charge is -2.22. The minimum absolute atomic E-state index is 0. The molecule has 2 aromatic heterocycles. The van der Waals surface area contributed by atoms with E-state index in [4.69, 9.17) is 19.4 Å². The van der Waals surface area contributed by atoms with Crippen LogP contribution in [0, 0.1) is 12.8 Å². The monoisotopic (exact) mass is 689 g/mol. The van der Waals surface area contributed by atoms with Gasteiger partial charge in [-0.15, -0.1) is 30.3 Å². The van der Waals surface area contributed by atoms with E-state index in [1.807, 2.05) is 30.5 Å². The molecule has 0 bridgehead atoms. The second kappa shape index (κ2) is 12.4. The summed E-state index contributed by atoms with van der Waals surface area (Å²) in [5, 5.41) is 9.71. The van der Waals surface area contributed by atoms with Gasteiger partial charge in [0, 0.05) is 41.3 Å². The summed E-state index contributed by atoms with van der Waals surface area (Å²) in [6.45, 7) is 11.9. The first kappa shape index (κ1) is 34.1. The number of pyridine rings is 1. The van der Waals surface area contributed by atoms with Crippen LogP contribution in [0.2, 0.25) is 0 Å². The van der Waals surface area contributed by atoms with Crippen molar-refractivity contribution in [3.05, 3.63) is 47.5 Å². The molecule has 0 unspecified atom stereocenters. The Labute approximate surface area is 279 Å². The Balaban J connectivity index is 0.00000417. The van der Waals surface area contributed by atoms with Crippen molar-refractivity contribution < 1.29 is 27.5 Å². The van der Waals surface area contributed by atoms with Gasteiger partial charge in [-0.05, 0) is 51.2 Å². The molecular weight excluding hydrogens is 650 g/mol. The van der Waals surface area contributed by atoms with Crippen LogP contribution < -0.4 is 24.8 Å². The number of nitrogens with one attached hydrogen (secondary N) is 3. The first-order chi connectivity index (χ1) is 21.3. The molecule has 11 nitrogen and oxygen atoms in total. The van der Waals surface area contributed by atoms with Crippen molar-refractivity contribution >= 4 is 56.5 Å². The lowest BCUT2D eigenvalue weighted by molar-refractivity contribution is -0.130. The van der Waals surface area contributed by atoms with Gasteiger partial charge in [-0.1, -0.05) is 19.9 Å². The van der Waals surface area contributed by atoms with Gasteiger partial charge in [0.2, 0.25) is 15.9 Å². The van der Waals surface area contributed by atoms with Crippen molar-refractivity contribution in [1.29, 1.82) is 0 Å². The summed E-state index contributed by atoms with van der Waals surface area (Å²) in [4.78, 5) is 36.4. The van der Waals surface area contributed by atoms with Crippen LogP contribution in [-0.2, 0) is 19.6 Å². The predicted octanol–water partition coefficient (Wildman–Crippen LogP) is 4.39. The van der Waals surface area contributed by atoms with Gasteiger partial charge in [-0.3, -0.25) is 14.3 Å². The van der Waals surface area contributed by atoms with Gasteiger partial charge in [0.25, 0.3) is 5.91 Å². The van der Waals surface area contributed by atoms with E-state index in [-0.39, 0.29) is 42.7 Å². The van der Waals surface area contributed by atoms with E-state index in [0.29, 0.717) is 43.0 Å². The van der Waals surface area contributed by atoms with Crippen LogP contribution in [0.4, 0.5) is 0 Å². The number of nitrogens with zero attached hydrogens (tertiary/aromatic N) is 2. The molecule has 6 rings (SSSR count). The number of halogens is 1. The van der Waals surface area contributed by atoms with Crippen LogP contribution in [0.1, 0.15) is 63.6 Å². The average molecular weight is 690 g/mol. The highest BCUT2D eigenvalue weighted by atomic mass is 35.5. The molecule has 2 aliphatic carbocycles. The number of amides is 2. The first-order valence-corrected chi connectivity index (χ1v) is 17.5. The fraction of sp³-hybridized carbons (Fsp3) is 0.500. The number of aryl methyl sites for hydroxylation is 1. The number of rotatable bonds is 11. The number of hydrogen-bond acceptors (Lipinski definition) is 10. The average Bonchev–Trinajstić information content (AvgIpc) is 3.76. The number of methoxy groups -OCH3 is 1. The lowest BCUT2D eigenvalue weighted by Crippen LogP contribution is -2.56. The Morgan fingerprint density at radius 2 is 1.96 bits per heavy atom. The summed E-state index contributed by atoms with van der Waals surface area (Å²) in [6.07, 6.45) is 2.86. The SMILES string of the molecule is C=C[C@@H]1C[C@]1(NC(=O)[C@@H]1C[C@@H](Oc2cc(-c3nc(C(C)C)cs3)nc3c(C)c(OC)ccc23)CN1)C(=O)NS(=O)(=O)C1(C)CC1.Cl. The molecule has 0 radical (unpaired) electrons. The standard InChI is InChI=1S/C32H39N5O6S2.ClH/c1-7-19-14-32(19,30(39)37-45(40,41)31(5)10-11-31)36-28(38)22-12-20(15-33-22)43-26-13-23(29-35-24(16-44-29)17(2)3)34-27-18(4)25(42-6)9-8-21(26)27;/h7-9,13,16-17,19-20,22,33H,1,10-12,14-15H2,2-6H3,(H,36,38)(H,37,39);1H/t19-,20-,22+,32-;/m1./s1. The van der Waals surface area contributed by atoms with Crippen LogP contribution in [0.5, 0.6) is 11.5 Å². The van der Waals surface area contributed by atoms with E-state index >= 15 is 0 Å². The third-order valence-electron chi connectivity index (χ3n) is 9.28. The molecule has 4 atom stereocenters. The van der Waals surface area contributed by atoms with Gasteiger partial charge in [-0.2, -0.15) is 0 Å². The van der Waals surface area contributed by atoms with E-state index in [1.54, 1.807) is 20.1 Å². The summed E-state index contributed by atoms with van der Waals surface area (Å²) in [5.41, 5.74) is 1.98. The summed E-state index contributed by atoms with van der Waals surface area (Å²) >= 11 is 1.53. The number of aromatic nitrogens is 2. The Morgan fingerprint density at radius 3 is 2.57 bits per heavy atom. The molecule has 2 saturated carbocycles. The maximum atomic E-state index is 13.4. The molecule has 1 aromatic carbocycles. The number of hydrogen-bond donors (Lipinski definition) is 3. The summed E-state index contributed by atoms with van der Waals surface area (Å²) in [5.74, 6) is 0.160. The van der Waals surface area contributed by atoms with Crippen molar-refractivity contribution in [2.75, 3.05) is 13.7 Å². The predicted molar refractivity (Wildman–Crippen MR) is 180 cm³/mol. The Kier molecular flexibility index (Phi) is 9.19. The lowest BCUT2D eigenvalue weighted by atomic mass is 10.1. The van der Waals surface area contributed by atoms with Crippen molar-refractivity contribution in [3.63, 3.8) is 0 Å². The summed E-state index contributed by atoms with van der Waals surface area (Å²) in [6, 6.07) is 5.06. The van der Waals surface area contributed by atoms with E-state index in [9.17, 15) is 18.0 Å². The van der Waals surface area contributed by atoms with Gasteiger partial charge in [0.05, 0.1) is 29.1 Å². The normalized spacial score (nSPS) is 24.6. The third kappa shape index (κ3) is 6.10. The molecule has 3 N–H and O–H groups in total. The van der Waals surface area contributed by atoms with Crippen LogP contribution in [0.3, 0.4) is 0 Å². The van der Waals surface area contributed by atoms with E-state index in [2.05, 4.69) is 35.8 Å². The Hall–Kier alpha value is -3.26. The number of thiazole rings is 1. The zero-order valence-corrected chi connectivity index (χ0v) is 29.0. The molecule has 46 heavy (non-hydrogen) atoms. The fourth-order valence-electron chi connectivity index (χ4n) is 5.77. The molecule has 3 aromatic rings. The quantitative estimate of drug-likeness (QED) is 0.249.